The quantitative estimate of drug-likeness (QED) is 0.172. The monoisotopic (exact) mass is 789 g/mol. The standard InChI is InChI=1S/C43H67NO12/c1-9-12-30-18-24(2)17-25(3)19-36(54-8)38(48)37-21-27(5)43(52,56-37)40(49)41(50)44-16-11-10-13-31(44)42(51)55-39(28(6)33(46)23-34(30)47)26(4)20-29-14-15-32(45)35(22-29)53-7/h9,18,20,25,27-33,35-39,45-46,48,52H,1,10-17,19,21-23H2,2-8H3/b24-18+,26-20+/t25-,27+,28+,29-,30?,31-,32+,33-,35+,36?,37?,38?,39?,43?/m0/s1. The number of ether oxygens (including phenoxy) is 4. The average molecular weight is 790 g/mol. The third kappa shape index (κ3) is 10.8. The van der Waals surface area contributed by atoms with Gasteiger partial charge in [0.05, 0.1) is 30.5 Å². The lowest BCUT2D eigenvalue weighted by molar-refractivity contribution is -0.225. The number of carbonyl (C=O) groups is 4. The van der Waals surface area contributed by atoms with Crippen LogP contribution in [0.2, 0.25) is 0 Å². The number of hydrogen-bond acceptors (Lipinski definition) is 12. The van der Waals surface area contributed by atoms with Crippen molar-refractivity contribution in [3.63, 3.8) is 0 Å². The molecule has 4 aliphatic rings. The van der Waals surface area contributed by atoms with Crippen molar-refractivity contribution >= 4 is 23.4 Å². The molecule has 4 rings (SSSR count). The van der Waals surface area contributed by atoms with Crippen molar-refractivity contribution in [3.05, 3.63) is 36.0 Å². The number of nitrogens with zero attached hydrogens (tertiary/aromatic N) is 1. The number of esters is 1. The van der Waals surface area contributed by atoms with Gasteiger partial charge in [0.1, 0.15) is 24.0 Å². The Morgan fingerprint density at radius 1 is 0.964 bits per heavy atom. The number of carbonyl (C=O) groups excluding carboxylic acids is 4. The van der Waals surface area contributed by atoms with Gasteiger partial charge in [-0.25, -0.2) is 4.79 Å². The molecule has 13 heteroatoms. The maximum Gasteiger partial charge on any atom is 0.329 e. The maximum absolute atomic E-state index is 14.2. The molecule has 1 amide bonds. The predicted molar refractivity (Wildman–Crippen MR) is 208 cm³/mol. The van der Waals surface area contributed by atoms with E-state index in [1.165, 1.54) is 7.11 Å². The zero-order valence-electron chi connectivity index (χ0n) is 34.4. The fourth-order valence-corrected chi connectivity index (χ4v) is 9.20. The van der Waals surface area contributed by atoms with E-state index in [-0.39, 0.29) is 49.5 Å². The van der Waals surface area contributed by atoms with Gasteiger partial charge in [-0.05, 0) is 95.5 Å². The van der Waals surface area contributed by atoms with Gasteiger partial charge in [0.25, 0.3) is 11.7 Å². The first-order valence-electron chi connectivity index (χ1n) is 20.5. The molecule has 0 aromatic carbocycles. The number of Topliss-reactive ketones (excluding diaryl/α,β-unsaturated/α-hetero) is 2. The molecule has 316 valence electrons. The normalized spacial score (nSPS) is 41.5. The fraction of sp³-hybridized carbons (Fsp3) is 0.767. The minimum absolute atomic E-state index is 0.0115. The highest BCUT2D eigenvalue weighted by Crippen LogP contribution is 2.39. The van der Waals surface area contributed by atoms with Gasteiger partial charge in [-0.1, -0.05) is 44.6 Å². The number of cyclic esters (lactones) is 1. The summed E-state index contributed by atoms with van der Waals surface area (Å²) in [5.41, 5.74) is 1.58. The summed E-state index contributed by atoms with van der Waals surface area (Å²) in [6.45, 7) is 12.9. The third-order valence-electron chi connectivity index (χ3n) is 12.6. The molecule has 14 atom stereocenters. The second kappa shape index (κ2) is 20.3. The maximum atomic E-state index is 14.2. The summed E-state index contributed by atoms with van der Waals surface area (Å²) in [6, 6.07) is -1.16. The van der Waals surface area contributed by atoms with Gasteiger partial charge >= 0.3 is 5.97 Å². The molecule has 2 bridgehead atoms. The highest BCUT2D eigenvalue weighted by molar-refractivity contribution is 6.39. The number of piperidine rings is 1. The van der Waals surface area contributed by atoms with Gasteiger partial charge in [-0.3, -0.25) is 14.4 Å². The summed E-state index contributed by atoms with van der Waals surface area (Å²) >= 11 is 0. The van der Waals surface area contributed by atoms with E-state index < -0.39 is 83.9 Å². The van der Waals surface area contributed by atoms with Crippen LogP contribution in [0.4, 0.5) is 0 Å². The van der Waals surface area contributed by atoms with Gasteiger partial charge in [0.2, 0.25) is 5.79 Å². The molecule has 2 saturated heterocycles. The molecule has 13 nitrogen and oxygen atoms in total. The summed E-state index contributed by atoms with van der Waals surface area (Å²) in [7, 11) is 3.02. The molecule has 3 heterocycles. The molecule has 1 saturated carbocycles. The number of aliphatic hydroxyl groups is 4. The van der Waals surface area contributed by atoms with Crippen LogP contribution in [-0.2, 0) is 38.1 Å². The van der Waals surface area contributed by atoms with Crippen LogP contribution < -0.4 is 0 Å². The first-order valence-corrected chi connectivity index (χ1v) is 20.5. The van der Waals surface area contributed by atoms with E-state index in [4.69, 9.17) is 18.9 Å². The molecular formula is C43H67NO12. The van der Waals surface area contributed by atoms with Crippen LogP contribution in [-0.4, -0.2) is 124 Å². The molecular weight excluding hydrogens is 722 g/mol. The van der Waals surface area contributed by atoms with Crippen LogP contribution in [0.3, 0.4) is 0 Å². The number of aliphatic hydroxyl groups excluding tert-OH is 3. The zero-order chi connectivity index (χ0) is 41.5. The number of amides is 1. The molecule has 4 N–H and O–H groups in total. The van der Waals surface area contributed by atoms with Crippen LogP contribution in [0.1, 0.15) is 105 Å². The van der Waals surface area contributed by atoms with Crippen LogP contribution in [0.15, 0.2) is 36.0 Å². The summed E-state index contributed by atoms with van der Waals surface area (Å²) < 4.78 is 23.3. The van der Waals surface area contributed by atoms with E-state index in [1.807, 2.05) is 26.0 Å². The molecule has 0 radical (unpaired) electrons. The Morgan fingerprint density at radius 2 is 1.66 bits per heavy atom. The number of ketones is 2. The number of rotatable bonds is 6. The van der Waals surface area contributed by atoms with Gasteiger partial charge in [0.15, 0.2) is 0 Å². The Kier molecular flexibility index (Phi) is 16.6. The van der Waals surface area contributed by atoms with Crippen molar-refractivity contribution in [2.24, 2.45) is 29.6 Å². The van der Waals surface area contributed by atoms with Crippen molar-refractivity contribution in [3.8, 4) is 0 Å². The lowest BCUT2D eigenvalue weighted by Gasteiger charge is -2.38. The van der Waals surface area contributed by atoms with Crippen molar-refractivity contribution in [2.75, 3.05) is 20.8 Å². The van der Waals surface area contributed by atoms with E-state index in [0.29, 0.717) is 56.9 Å². The van der Waals surface area contributed by atoms with E-state index in [1.54, 1.807) is 34.0 Å². The smallest absolute Gasteiger partial charge is 0.329 e. The van der Waals surface area contributed by atoms with Crippen LogP contribution >= 0.6 is 0 Å². The lowest BCUT2D eigenvalue weighted by atomic mass is 9.81. The third-order valence-corrected chi connectivity index (χ3v) is 12.6. The fourth-order valence-electron chi connectivity index (χ4n) is 9.20. The molecule has 3 fully saturated rings. The van der Waals surface area contributed by atoms with Crippen molar-refractivity contribution in [2.45, 2.75) is 160 Å². The van der Waals surface area contributed by atoms with E-state index in [2.05, 4.69) is 6.58 Å². The van der Waals surface area contributed by atoms with Crippen LogP contribution in [0.25, 0.3) is 0 Å². The highest BCUT2D eigenvalue weighted by Gasteiger charge is 2.57. The highest BCUT2D eigenvalue weighted by atomic mass is 16.7. The van der Waals surface area contributed by atoms with Gasteiger partial charge < -0.3 is 44.3 Å². The molecule has 0 spiro atoms. The Balaban J connectivity index is 1.74. The number of hydrogen-bond donors (Lipinski definition) is 4. The number of methoxy groups -OCH3 is 2. The summed E-state index contributed by atoms with van der Waals surface area (Å²) in [4.78, 5) is 57.1. The number of allylic oxidation sites excluding steroid dienone is 4. The Hall–Kier alpha value is -2.78. The molecule has 6 unspecified atom stereocenters. The number of fused-ring (bicyclic) bond motifs is 3. The summed E-state index contributed by atoms with van der Waals surface area (Å²) in [5, 5.41) is 45.1. The van der Waals surface area contributed by atoms with Crippen LogP contribution in [0, 0.1) is 29.6 Å². The van der Waals surface area contributed by atoms with Gasteiger partial charge in [0, 0.05) is 44.9 Å². The second-order valence-corrected chi connectivity index (χ2v) is 17.1. The first kappa shape index (κ1) is 45.9. The molecule has 56 heavy (non-hydrogen) atoms. The molecule has 1 aliphatic carbocycles. The van der Waals surface area contributed by atoms with Crippen molar-refractivity contribution < 1.29 is 58.6 Å². The Bertz CT molecular complexity index is 1460. The average Bonchev–Trinajstić information content (AvgIpc) is 3.48. The van der Waals surface area contributed by atoms with Crippen molar-refractivity contribution in [1.82, 2.24) is 4.90 Å². The lowest BCUT2D eigenvalue weighted by Crippen LogP contribution is -2.57. The molecule has 0 aromatic heterocycles. The Labute approximate surface area is 332 Å². The van der Waals surface area contributed by atoms with E-state index >= 15 is 0 Å². The second-order valence-electron chi connectivity index (χ2n) is 17.1. The van der Waals surface area contributed by atoms with Gasteiger partial charge in [-0.15, -0.1) is 6.58 Å². The SMILES string of the molecule is C=CCC1/C=C(\C)C[C@H](C)CC(OC)C(O)C2C[C@@H](C)C(O)(O2)C(=O)C(=O)N2CCCC[C@H]2C(=O)OC(/C(C)=C/[C@@H]2CC[C@@H](O)[C@H](OC)C2)[C@H](C)[C@@H](O)CC1=O. The first-order chi connectivity index (χ1) is 26.4. The minimum atomic E-state index is -2.53. The summed E-state index contributed by atoms with van der Waals surface area (Å²) in [6.07, 6.45) is 3.66. The largest absolute Gasteiger partial charge is 0.456 e. The van der Waals surface area contributed by atoms with Crippen LogP contribution in [0.5, 0.6) is 0 Å². The topological polar surface area (TPSA) is 189 Å². The Morgan fingerprint density at radius 3 is 2.32 bits per heavy atom. The predicted octanol–water partition coefficient (Wildman–Crippen LogP) is 3.98. The zero-order valence-corrected chi connectivity index (χ0v) is 34.4. The van der Waals surface area contributed by atoms with Gasteiger partial charge in [-0.2, -0.15) is 0 Å². The molecule has 3 aliphatic heterocycles. The van der Waals surface area contributed by atoms with Crippen molar-refractivity contribution in [1.29, 1.82) is 0 Å². The summed E-state index contributed by atoms with van der Waals surface area (Å²) in [5.74, 6) is -7.99. The molecule has 0 aromatic rings. The minimum Gasteiger partial charge on any atom is -0.456 e. The van der Waals surface area contributed by atoms with E-state index in [0.717, 1.165) is 10.5 Å². The van der Waals surface area contributed by atoms with E-state index in [9.17, 15) is 39.6 Å².